The van der Waals surface area contributed by atoms with E-state index in [1.54, 1.807) is 61.3 Å². The smallest absolute Gasteiger partial charge is 0.244 e. The Kier molecular flexibility index (Phi) is 10.4. The van der Waals surface area contributed by atoms with Gasteiger partial charge in [0.2, 0.25) is 11.8 Å². The number of anilines is 1. The second-order valence-corrected chi connectivity index (χ2v) is 9.21. The number of allylic oxidation sites excluding steroid dienone is 1. The molecular weight excluding hydrogens is 537 g/mol. The van der Waals surface area contributed by atoms with E-state index in [0.29, 0.717) is 44.8 Å². The number of hydrogen-bond donors (Lipinski definition) is 2. The first kappa shape index (κ1) is 28.1. The monoisotopic (exact) mass is 561 g/mol. The van der Waals surface area contributed by atoms with Crippen molar-refractivity contribution in [2.24, 2.45) is 0 Å². The standard InChI is InChI=1S/C25H25Cl2N5O4S/c1-4-11-32-22(14-28-23(33)10-6-16-5-9-20(35-2)21(12-16)36-3)30-31-25(32)37-15-24(34)29-19-8-7-17(26)13-18(19)27/h4-10,12-13H,1,11,14-15H2,2-3H3,(H,28,33)(H,29,34)/b10-6+. The summed E-state index contributed by atoms with van der Waals surface area (Å²) >= 11 is 13.2. The minimum absolute atomic E-state index is 0.0780. The van der Waals surface area contributed by atoms with Crippen LogP contribution in [0.4, 0.5) is 5.69 Å². The molecule has 2 N–H and O–H groups in total. The third-order valence-electron chi connectivity index (χ3n) is 4.90. The number of benzene rings is 2. The minimum Gasteiger partial charge on any atom is -0.493 e. The van der Waals surface area contributed by atoms with E-state index >= 15 is 0 Å². The molecule has 1 aromatic heterocycles. The van der Waals surface area contributed by atoms with Crippen molar-refractivity contribution >= 4 is 58.5 Å². The Morgan fingerprint density at radius 3 is 2.59 bits per heavy atom. The molecule has 1 heterocycles. The van der Waals surface area contributed by atoms with Crippen LogP contribution in [0.3, 0.4) is 0 Å². The van der Waals surface area contributed by atoms with E-state index in [0.717, 1.165) is 5.56 Å². The third-order valence-corrected chi connectivity index (χ3v) is 6.41. The molecule has 194 valence electrons. The van der Waals surface area contributed by atoms with Crippen molar-refractivity contribution in [3.05, 3.63) is 76.6 Å². The average Bonchev–Trinajstić information content (AvgIpc) is 3.27. The van der Waals surface area contributed by atoms with Crippen molar-refractivity contribution in [3.8, 4) is 11.5 Å². The first-order chi connectivity index (χ1) is 17.8. The average molecular weight is 562 g/mol. The highest BCUT2D eigenvalue weighted by Gasteiger charge is 2.15. The van der Waals surface area contributed by atoms with Crippen LogP contribution in [0.1, 0.15) is 11.4 Å². The van der Waals surface area contributed by atoms with Crippen LogP contribution < -0.4 is 20.1 Å². The number of methoxy groups -OCH3 is 2. The van der Waals surface area contributed by atoms with Crippen molar-refractivity contribution in [1.29, 1.82) is 0 Å². The largest absolute Gasteiger partial charge is 0.493 e. The molecule has 0 fully saturated rings. The molecule has 0 saturated heterocycles. The van der Waals surface area contributed by atoms with E-state index in [-0.39, 0.29) is 24.1 Å². The van der Waals surface area contributed by atoms with Crippen molar-refractivity contribution in [3.63, 3.8) is 0 Å². The summed E-state index contributed by atoms with van der Waals surface area (Å²) in [5.74, 6) is 1.20. The van der Waals surface area contributed by atoms with Crippen LogP contribution in [0, 0.1) is 0 Å². The van der Waals surface area contributed by atoms with Gasteiger partial charge in [-0.05, 0) is 42.0 Å². The van der Waals surface area contributed by atoms with Gasteiger partial charge in [0.15, 0.2) is 22.5 Å². The number of aromatic nitrogens is 3. The van der Waals surface area contributed by atoms with Crippen LogP contribution in [0.15, 0.2) is 60.3 Å². The maximum atomic E-state index is 12.4. The van der Waals surface area contributed by atoms with Crippen molar-refractivity contribution in [2.75, 3.05) is 25.3 Å². The lowest BCUT2D eigenvalue weighted by Crippen LogP contribution is -2.23. The fourth-order valence-electron chi connectivity index (χ4n) is 3.13. The molecule has 12 heteroatoms. The predicted octanol–water partition coefficient (Wildman–Crippen LogP) is 4.85. The number of ether oxygens (including phenoxy) is 2. The molecule has 0 aliphatic carbocycles. The maximum Gasteiger partial charge on any atom is 0.244 e. The second-order valence-electron chi connectivity index (χ2n) is 7.42. The zero-order valence-electron chi connectivity index (χ0n) is 20.2. The Bertz CT molecular complexity index is 1310. The number of rotatable bonds is 12. The number of hydrogen-bond acceptors (Lipinski definition) is 7. The van der Waals surface area contributed by atoms with Crippen molar-refractivity contribution in [2.45, 2.75) is 18.2 Å². The summed E-state index contributed by atoms with van der Waals surface area (Å²) in [6.07, 6.45) is 4.76. The molecule has 0 aliphatic heterocycles. The van der Waals surface area contributed by atoms with Gasteiger partial charge in [-0.15, -0.1) is 16.8 Å². The van der Waals surface area contributed by atoms with Gasteiger partial charge in [0.05, 0.1) is 37.2 Å². The molecule has 3 rings (SSSR count). The molecule has 0 bridgehead atoms. The fraction of sp³-hybridized carbons (Fsp3) is 0.200. The van der Waals surface area contributed by atoms with Crippen LogP contribution >= 0.6 is 35.0 Å². The summed E-state index contributed by atoms with van der Waals surface area (Å²) in [5.41, 5.74) is 1.24. The number of amides is 2. The van der Waals surface area contributed by atoms with Gasteiger partial charge in [-0.1, -0.05) is 47.1 Å². The number of nitrogens with zero attached hydrogens (tertiary/aromatic N) is 3. The lowest BCUT2D eigenvalue weighted by molar-refractivity contribution is -0.116. The van der Waals surface area contributed by atoms with E-state index in [1.807, 2.05) is 6.07 Å². The molecule has 0 saturated carbocycles. The second kappa shape index (κ2) is 13.7. The van der Waals surface area contributed by atoms with Crippen LogP contribution in [0.5, 0.6) is 11.5 Å². The summed E-state index contributed by atoms with van der Waals surface area (Å²) in [6.45, 7) is 4.31. The summed E-state index contributed by atoms with van der Waals surface area (Å²) in [5, 5.41) is 15.2. The summed E-state index contributed by atoms with van der Waals surface area (Å²) in [7, 11) is 3.10. The molecular formula is C25H25Cl2N5O4S. The Morgan fingerprint density at radius 2 is 1.89 bits per heavy atom. The lowest BCUT2D eigenvalue weighted by Gasteiger charge is -2.09. The first-order valence-corrected chi connectivity index (χ1v) is 12.7. The Labute approximate surface area is 228 Å². The number of carbonyl (C=O) groups is 2. The van der Waals surface area contributed by atoms with Crippen LogP contribution in [-0.2, 0) is 22.7 Å². The first-order valence-electron chi connectivity index (χ1n) is 10.9. The van der Waals surface area contributed by atoms with E-state index in [2.05, 4.69) is 27.4 Å². The normalized spacial score (nSPS) is 10.8. The van der Waals surface area contributed by atoms with E-state index in [1.165, 1.54) is 17.8 Å². The molecule has 0 radical (unpaired) electrons. The molecule has 3 aromatic rings. The topological polar surface area (TPSA) is 107 Å². The zero-order chi connectivity index (χ0) is 26.8. The third kappa shape index (κ3) is 8.01. The van der Waals surface area contributed by atoms with E-state index in [4.69, 9.17) is 32.7 Å². The van der Waals surface area contributed by atoms with Crippen LogP contribution in [0.2, 0.25) is 10.0 Å². The molecule has 0 aliphatic rings. The molecule has 0 unspecified atom stereocenters. The van der Waals surface area contributed by atoms with Gasteiger partial charge >= 0.3 is 0 Å². The molecule has 0 spiro atoms. The SMILES string of the molecule is C=CCn1c(CNC(=O)/C=C/c2ccc(OC)c(OC)c2)nnc1SCC(=O)Nc1ccc(Cl)cc1Cl. The Hall–Kier alpha value is -3.47. The van der Waals surface area contributed by atoms with E-state index in [9.17, 15) is 9.59 Å². The highest BCUT2D eigenvalue weighted by molar-refractivity contribution is 7.99. The van der Waals surface area contributed by atoms with Crippen molar-refractivity contribution < 1.29 is 19.1 Å². The zero-order valence-corrected chi connectivity index (χ0v) is 22.5. The van der Waals surface area contributed by atoms with Crippen LogP contribution in [0.25, 0.3) is 6.08 Å². The fourth-order valence-corrected chi connectivity index (χ4v) is 4.35. The molecule has 0 atom stereocenters. The van der Waals surface area contributed by atoms with Gasteiger partial charge in [-0.25, -0.2) is 0 Å². The maximum absolute atomic E-state index is 12.4. The van der Waals surface area contributed by atoms with Gasteiger partial charge in [-0.3, -0.25) is 9.59 Å². The number of carbonyl (C=O) groups excluding carboxylic acids is 2. The van der Waals surface area contributed by atoms with Gasteiger partial charge in [-0.2, -0.15) is 0 Å². The molecule has 9 nitrogen and oxygen atoms in total. The van der Waals surface area contributed by atoms with Crippen LogP contribution in [-0.4, -0.2) is 46.6 Å². The minimum atomic E-state index is -0.309. The van der Waals surface area contributed by atoms with Gasteiger partial charge in [0, 0.05) is 17.6 Å². The highest BCUT2D eigenvalue weighted by Crippen LogP contribution is 2.28. The molecule has 37 heavy (non-hydrogen) atoms. The molecule has 2 amide bonds. The van der Waals surface area contributed by atoms with E-state index < -0.39 is 0 Å². The number of halogens is 2. The Morgan fingerprint density at radius 1 is 1.11 bits per heavy atom. The number of thioether (sulfide) groups is 1. The van der Waals surface area contributed by atoms with Gasteiger partial charge in [0.25, 0.3) is 0 Å². The summed E-state index contributed by atoms with van der Waals surface area (Å²) in [4.78, 5) is 24.8. The highest BCUT2D eigenvalue weighted by atomic mass is 35.5. The van der Waals surface area contributed by atoms with Gasteiger partial charge < -0.3 is 24.7 Å². The molecule has 2 aromatic carbocycles. The Balaban J connectivity index is 1.58. The lowest BCUT2D eigenvalue weighted by atomic mass is 10.2. The number of nitrogens with one attached hydrogen (secondary N) is 2. The van der Waals surface area contributed by atoms with Gasteiger partial charge in [0.1, 0.15) is 0 Å². The quantitative estimate of drug-likeness (QED) is 0.185. The summed E-state index contributed by atoms with van der Waals surface area (Å²) in [6, 6.07) is 10.2. The van der Waals surface area contributed by atoms with Crippen molar-refractivity contribution in [1.82, 2.24) is 20.1 Å². The predicted molar refractivity (Wildman–Crippen MR) is 146 cm³/mol. The summed E-state index contributed by atoms with van der Waals surface area (Å²) < 4.78 is 12.3.